The molecule has 2 heterocycles. The number of rotatable bonds is 7. The molecule has 0 spiro atoms. The zero-order valence-electron chi connectivity index (χ0n) is 15.5. The summed E-state index contributed by atoms with van der Waals surface area (Å²) in [6.07, 6.45) is 3.46. The summed E-state index contributed by atoms with van der Waals surface area (Å²) in [6, 6.07) is 8.03. The minimum atomic E-state index is 0.701. The quantitative estimate of drug-likeness (QED) is 0.577. The highest BCUT2D eigenvalue weighted by Crippen LogP contribution is 2.24. The molecular weight excluding hydrogens is 346 g/mol. The number of thiazole rings is 1. The van der Waals surface area contributed by atoms with Crippen molar-refractivity contribution in [2.24, 2.45) is 4.99 Å². The molecule has 1 aromatic heterocycles. The number of hydrogen-bond acceptors (Lipinski definition) is 5. The van der Waals surface area contributed by atoms with Crippen LogP contribution in [0.4, 0.5) is 5.13 Å². The predicted octanol–water partition coefficient (Wildman–Crippen LogP) is 2.66. The Morgan fingerprint density at radius 3 is 2.92 bits per heavy atom. The third kappa shape index (κ3) is 5.11. The van der Waals surface area contributed by atoms with E-state index in [1.165, 1.54) is 12.8 Å². The van der Waals surface area contributed by atoms with Crippen LogP contribution >= 0.6 is 11.3 Å². The number of ether oxygens (including phenoxy) is 1. The Morgan fingerprint density at radius 2 is 2.15 bits per heavy atom. The molecule has 0 unspecified atom stereocenters. The van der Waals surface area contributed by atoms with Crippen molar-refractivity contribution in [3.05, 3.63) is 40.9 Å². The van der Waals surface area contributed by atoms with Crippen molar-refractivity contribution in [2.75, 3.05) is 38.7 Å². The normalized spacial score (nSPS) is 14.5. The average molecular weight is 374 g/mol. The van der Waals surface area contributed by atoms with Crippen molar-refractivity contribution in [3.63, 3.8) is 0 Å². The van der Waals surface area contributed by atoms with Gasteiger partial charge in [0.1, 0.15) is 5.75 Å². The third-order valence-corrected chi connectivity index (χ3v) is 5.36. The molecule has 1 fully saturated rings. The smallest absolute Gasteiger partial charge is 0.191 e. The van der Waals surface area contributed by atoms with Crippen molar-refractivity contribution < 1.29 is 4.74 Å². The molecule has 26 heavy (non-hydrogen) atoms. The molecule has 0 amide bonds. The lowest BCUT2D eigenvalue weighted by Gasteiger charge is -2.13. The van der Waals surface area contributed by atoms with E-state index < -0.39 is 0 Å². The maximum atomic E-state index is 5.26. The molecule has 0 aliphatic carbocycles. The van der Waals surface area contributed by atoms with Gasteiger partial charge in [0.05, 0.1) is 12.8 Å². The van der Waals surface area contributed by atoms with E-state index in [9.17, 15) is 0 Å². The number of aromatic nitrogens is 1. The minimum Gasteiger partial charge on any atom is -0.497 e. The SMILES string of the molecule is CN=C(NCCc1csc(N2CCCC2)n1)NCc1cccc(OC)c1. The highest BCUT2D eigenvalue weighted by Gasteiger charge is 2.15. The lowest BCUT2D eigenvalue weighted by Crippen LogP contribution is -2.37. The standard InChI is InChI=1S/C19H27N5OS/c1-20-18(22-13-15-6-5-7-17(12-15)25-2)21-9-8-16-14-26-19(23-16)24-10-3-4-11-24/h5-7,12,14H,3-4,8-11,13H2,1-2H3,(H2,20,21,22). The van der Waals surface area contributed by atoms with Crippen LogP contribution in [0.15, 0.2) is 34.6 Å². The summed E-state index contributed by atoms with van der Waals surface area (Å²) in [5.41, 5.74) is 2.30. The van der Waals surface area contributed by atoms with Crippen LogP contribution in [0.5, 0.6) is 5.75 Å². The van der Waals surface area contributed by atoms with E-state index in [4.69, 9.17) is 9.72 Å². The summed E-state index contributed by atoms with van der Waals surface area (Å²) in [4.78, 5) is 11.4. The highest BCUT2D eigenvalue weighted by atomic mass is 32.1. The van der Waals surface area contributed by atoms with E-state index in [1.807, 2.05) is 18.2 Å². The van der Waals surface area contributed by atoms with Crippen molar-refractivity contribution in [3.8, 4) is 5.75 Å². The van der Waals surface area contributed by atoms with Gasteiger partial charge < -0.3 is 20.3 Å². The number of nitrogens with zero attached hydrogens (tertiary/aromatic N) is 3. The van der Waals surface area contributed by atoms with Gasteiger partial charge in [-0.25, -0.2) is 4.98 Å². The Labute approximate surface area is 159 Å². The molecular formula is C19H27N5OS. The number of guanidine groups is 1. The summed E-state index contributed by atoms with van der Waals surface area (Å²) >= 11 is 1.75. The van der Waals surface area contributed by atoms with Gasteiger partial charge in [-0.2, -0.15) is 0 Å². The molecule has 0 radical (unpaired) electrons. The zero-order valence-corrected chi connectivity index (χ0v) is 16.3. The molecule has 1 aliphatic heterocycles. The van der Waals surface area contributed by atoms with Crippen molar-refractivity contribution in [2.45, 2.75) is 25.8 Å². The van der Waals surface area contributed by atoms with Gasteiger partial charge >= 0.3 is 0 Å². The first kappa shape index (κ1) is 18.5. The molecule has 2 N–H and O–H groups in total. The largest absolute Gasteiger partial charge is 0.497 e. The predicted molar refractivity (Wildman–Crippen MR) is 108 cm³/mol. The number of anilines is 1. The molecule has 0 bridgehead atoms. The van der Waals surface area contributed by atoms with Gasteiger partial charge in [0.15, 0.2) is 11.1 Å². The molecule has 6 nitrogen and oxygen atoms in total. The molecule has 140 valence electrons. The van der Waals surface area contributed by atoms with E-state index in [0.29, 0.717) is 6.54 Å². The maximum absolute atomic E-state index is 5.26. The summed E-state index contributed by atoms with van der Waals surface area (Å²) in [7, 11) is 3.47. The molecule has 1 aromatic carbocycles. The summed E-state index contributed by atoms with van der Waals surface area (Å²) in [6.45, 7) is 3.80. The monoisotopic (exact) mass is 373 g/mol. The summed E-state index contributed by atoms with van der Waals surface area (Å²) in [5.74, 6) is 1.66. The second-order valence-corrected chi connectivity index (χ2v) is 7.11. The zero-order chi connectivity index (χ0) is 18.2. The second-order valence-electron chi connectivity index (χ2n) is 6.27. The summed E-state index contributed by atoms with van der Waals surface area (Å²) < 4.78 is 5.26. The van der Waals surface area contributed by atoms with Crippen LogP contribution < -0.4 is 20.3 Å². The lowest BCUT2D eigenvalue weighted by molar-refractivity contribution is 0.414. The van der Waals surface area contributed by atoms with Crippen molar-refractivity contribution in [1.82, 2.24) is 15.6 Å². The van der Waals surface area contributed by atoms with Gasteiger partial charge in [-0.1, -0.05) is 12.1 Å². The molecule has 1 aliphatic rings. The Kier molecular flexibility index (Phi) is 6.71. The number of hydrogen-bond donors (Lipinski definition) is 2. The fourth-order valence-electron chi connectivity index (χ4n) is 2.96. The third-order valence-electron chi connectivity index (χ3n) is 4.41. The van der Waals surface area contributed by atoms with E-state index in [2.05, 4.69) is 32.0 Å². The molecule has 7 heteroatoms. The topological polar surface area (TPSA) is 61.8 Å². The Bertz CT molecular complexity index is 724. The average Bonchev–Trinajstić information content (AvgIpc) is 3.36. The second kappa shape index (κ2) is 9.43. The maximum Gasteiger partial charge on any atom is 0.191 e. The molecule has 2 aromatic rings. The fourth-order valence-corrected chi connectivity index (χ4v) is 3.88. The highest BCUT2D eigenvalue weighted by molar-refractivity contribution is 7.13. The van der Waals surface area contributed by atoms with Gasteiger partial charge in [0, 0.05) is 45.0 Å². The first-order chi connectivity index (χ1) is 12.8. The van der Waals surface area contributed by atoms with Gasteiger partial charge in [-0.05, 0) is 30.5 Å². The molecule has 3 rings (SSSR count). The van der Waals surface area contributed by atoms with Crippen LogP contribution in [0.1, 0.15) is 24.1 Å². The van der Waals surface area contributed by atoms with Crippen molar-refractivity contribution >= 4 is 22.4 Å². The number of benzene rings is 1. The molecule has 1 saturated heterocycles. The number of aliphatic imine (C=N–C) groups is 1. The van der Waals surface area contributed by atoms with Crippen LogP contribution in [0.2, 0.25) is 0 Å². The van der Waals surface area contributed by atoms with E-state index in [-0.39, 0.29) is 0 Å². The van der Waals surface area contributed by atoms with Gasteiger partial charge in [0.2, 0.25) is 0 Å². The molecule has 0 saturated carbocycles. The number of methoxy groups -OCH3 is 1. The van der Waals surface area contributed by atoms with Crippen molar-refractivity contribution in [1.29, 1.82) is 0 Å². The Balaban J connectivity index is 1.42. The fraction of sp³-hybridized carbons (Fsp3) is 0.474. The number of nitrogens with one attached hydrogen (secondary N) is 2. The van der Waals surface area contributed by atoms with Crippen LogP contribution in [-0.4, -0.2) is 44.7 Å². The van der Waals surface area contributed by atoms with Gasteiger partial charge in [-0.3, -0.25) is 4.99 Å². The van der Waals surface area contributed by atoms with Gasteiger partial charge in [-0.15, -0.1) is 11.3 Å². The van der Waals surface area contributed by atoms with Crippen LogP contribution in [-0.2, 0) is 13.0 Å². The van der Waals surface area contributed by atoms with Crippen LogP contribution in [0.25, 0.3) is 0 Å². The molecule has 0 atom stereocenters. The van der Waals surface area contributed by atoms with E-state index in [1.54, 1.807) is 25.5 Å². The Morgan fingerprint density at radius 1 is 1.31 bits per heavy atom. The van der Waals surface area contributed by atoms with Crippen LogP contribution in [0.3, 0.4) is 0 Å². The van der Waals surface area contributed by atoms with Gasteiger partial charge in [0.25, 0.3) is 0 Å². The minimum absolute atomic E-state index is 0.701. The van der Waals surface area contributed by atoms with E-state index >= 15 is 0 Å². The Hall–Kier alpha value is -2.28. The first-order valence-electron chi connectivity index (χ1n) is 9.05. The summed E-state index contributed by atoms with van der Waals surface area (Å²) in [5, 5.41) is 10.0. The lowest BCUT2D eigenvalue weighted by atomic mass is 10.2. The van der Waals surface area contributed by atoms with Crippen LogP contribution in [0, 0.1) is 0 Å². The first-order valence-corrected chi connectivity index (χ1v) is 9.93. The van der Waals surface area contributed by atoms with E-state index in [0.717, 1.165) is 54.2 Å².